The van der Waals surface area contributed by atoms with Crippen molar-refractivity contribution in [3.05, 3.63) is 54.7 Å². The molecule has 1 aromatic carbocycles. The Morgan fingerprint density at radius 1 is 1.25 bits per heavy atom. The Morgan fingerprint density at radius 2 is 2.00 bits per heavy atom. The summed E-state index contributed by atoms with van der Waals surface area (Å²) >= 11 is 0. The topological polar surface area (TPSA) is 38.9 Å². The van der Waals surface area contributed by atoms with Crippen LogP contribution < -0.4 is 5.73 Å². The summed E-state index contributed by atoms with van der Waals surface area (Å²) in [5.41, 5.74) is 7.88. The van der Waals surface area contributed by atoms with Gasteiger partial charge in [0.2, 0.25) is 0 Å². The number of pyridine rings is 1. The van der Waals surface area contributed by atoms with E-state index >= 15 is 0 Å². The fraction of sp³-hybridized carbons (Fsp3) is 0.154. The Hall–Kier alpha value is -1.38. The first-order chi connectivity index (χ1) is 7.31. The lowest BCUT2D eigenvalue weighted by Gasteiger charge is -2.08. The third-order valence-electron chi connectivity index (χ3n) is 2.42. The second-order valence-corrected chi connectivity index (χ2v) is 3.56. The van der Waals surface area contributed by atoms with Crippen LogP contribution in [0.25, 0.3) is 10.9 Å². The maximum atomic E-state index is 5.96. The second-order valence-electron chi connectivity index (χ2n) is 3.56. The minimum absolute atomic E-state index is 0. The van der Waals surface area contributed by atoms with Gasteiger partial charge < -0.3 is 5.73 Å². The molecule has 3 heteroatoms. The van der Waals surface area contributed by atoms with Gasteiger partial charge >= 0.3 is 0 Å². The van der Waals surface area contributed by atoms with Crippen LogP contribution >= 0.6 is 12.4 Å². The Bertz CT molecular complexity index is 482. The fourth-order valence-electron chi connectivity index (χ4n) is 1.59. The van der Waals surface area contributed by atoms with Gasteiger partial charge in [0.15, 0.2) is 0 Å². The van der Waals surface area contributed by atoms with E-state index in [9.17, 15) is 0 Å². The normalized spacial score (nSPS) is 11.8. The highest BCUT2D eigenvalue weighted by Crippen LogP contribution is 2.17. The van der Waals surface area contributed by atoms with Gasteiger partial charge in [0, 0.05) is 5.39 Å². The molecule has 2 N–H and O–H groups in total. The summed E-state index contributed by atoms with van der Waals surface area (Å²) in [6.45, 7) is 3.68. The number of aromatic nitrogens is 1. The predicted molar refractivity (Wildman–Crippen MR) is 70.7 cm³/mol. The largest absolute Gasteiger partial charge is 0.322 e. The molecule has 0 aliphatic heterocycles. The highest BCUT2D eigenvalue weighted by atomic mass is 35.5. The van der Waals surface area contributed by atoms with Crippen LogP contribution in [0, 0.1) is 0 Å². The lowest BCUT2D eigenvalue weighted by Crippen LogP contribution is -2.10. The summed E-state index contributed by atoms with van der Waals surface area (Å²) in [7, 11) is 0. The number of hydrogen-bond acceptors (Lipinski definition) is 2. The standard InChI is InChI=1S/C13H14N2.ClH/c1-2-5-11(14)13-9-8-10-6-3-4-7-12(10)15-13;/h2-4,6-9,11H,1,5,14H2;1H/t11-;/m0./s1. The van der Waals surface area contributed by atoms with Crippen molar-refractivity contribution in [3.8, 4) is 0 Å². The zero-order chi connectivity index (χ0) is 10.7. The van der Waals surface area contributed by atoms with Crippen LogP contribution in [0.3, 0.4) is 0 Å². The molecule has 0 saturated carbocycles. The number of benzene rings is 1. The third kappa shape index (κ3) is 2.60. The molecule has 2 aromatic rings. The first kappa shape index (κ1) is 12.7. The smallest absolute Gasteiger partial charge is 0.0706 e. The van der Waals surface area contributed by atoms with Crippen LogP contribution in [0.1, 0.15) is 18.2 Å². The number of para-hydroxylation sites is 1. The van der Waals surface area contributed by atoms with Crippen LogP contribution in [0.2, 0.25) is 0 Å². The Labute approximate surface area is 102 Å². The molecule has 1 aromatic heterocycles. The Balaban J connectivity index is 0.00000128. The van der Waals surface area contributed by atoms with Crippen molar-refractivity contribution in [2.24, 2.45) is 5.73 Å². The quantitative estimate of drug-likeness (QED) is 0.829. The average molecular weight is 235 g/mol. The molecule has 0 bridgehead atoms. The molecule has 2 rings (SSSR count). The van der Waals surface area contributed by atoms with Crippen molar-refractivity contribution in [1.82, 2.24) is 4.98 Å². The van der Waals surface area contributed by atoms with Crippen LogP contribution in [0.5, 0.6) is 0 Å². The summed E-state index contributed by atoms with van der Waals surface area (Å²) in [5, 5.41) is 1.15. The number of nitrogens with zero attached hydrogens (tertiary/aromatic N) is 1. The molecular weight excluding hydrogens is 220 g/mol. The molecule has 0 aliphatic rings. The minimum atomic E-state index is -0.0490. The summed E-state index contributed by atoms with van der Waals surface area (Å²) in [6, 6.07) is 12.0. The van der Waals surface area contributed by atoms with Gasteiger partial charge in [-0.15, -0.1) is 19.0 Å². The SMILES string of the molecule is C=CC[C@H](N)c1ccc2ccccc2n1.Cl. The molecule has 16 heavy (non-hydrogen) atoms. The van der Waals surface area contributed by atoms with Gasteiger partial charge in [0.25, 0.3) is 0 Å². The van der Waals surface area contributed by atoms with Gasteiger partial charge in [0.05, 0.1) is 17.3 Å². The van der Waals surface area contributed by atoms with Gasteiger partial charge in [-0.2, -0.15) is 0 Å². The molecule has 0 amide bonds. The molecule has 84 valence electrons. The summed E-state index contributed by atoms with van der Waals surface area (Å²) in [4.78, 5) is 4.52. The van der Waals surface area contributed by atoms with Crippen molar-refractivity contribution >= 4 is 23.3 Å². The van der Waals surface area contributed by atoms with Crippen LogP contribution in [0.4, 0.5) is 0 Å². The number of rotatable bonds is 3. The zero-order valence-corrected chi connectivity index (χ0v) is 9.78. The van der Waals surface area contributed by atoms with Crippen LogP contribution in [-0.4, -0.2) is 4.98 Å². The van der Waals surface area contributed by atoms with E-state index in [0.29, 0.717) is 0 Å². The zero-order valence-electron chi connectivity index (χ0n) is 8.97. The van der Waals surface area contributed by atoms with Crippen molar-refractivity contribution in [3.63, 3.8) is 0 Å². The van der Waals surface area contributed by atoms with E-state index in [2.05, 4.69) is 17.6 Å². The highest BCUT2D eigenvalue weighted by Gasteiger charge is 2.05. The Kier molecular flexibility index (Phi) is 4.47. The van der Waals surface area contributed by atoms with Crippen molar-refractivity contribution in [2.45, 2.75) is 12.5 Å². The van der Waals surface area contributed by atoms with E-state index in [1.807, 2.05) is 36.4 Å². The molecule has 0 fully saturated rings. The van der Waals surface area contributed by atoms with Gasteiger partial charge in [-0.25, -0.2) is 0 Å². The van der Waals surface area contributed by atoms with Gasteiger partial charge in [0.1, 0.15) is 0 Å². The summed E-state index contributed by atoms with van der Waals surface area (Å²) in [6.07, 6.45) is 2.58. The lowest BCUT2D eigenvalue weighted by molar-refractivity contribution is 0.718. The lowest BCUT2D eigenvalue weighted by atomic mass is 10.1. The molecule has 0 aliphatic carbocycles. The number of hydrogen-bond donors (Lipinski definition) is 1. The Morgan fingerprint density at radius 3 is 2.75 bits per heavy atom. The third-order valence-corrected chi connectivity index (χ3v) is 2.42. The maximum Gasteiger partial charge on any atom is 0.0706 e. The first-order valence-corrected chi connectivity index (χ1v) is 5.03. The highest BCUT2D eigenvalue weighted by molar-refractivity contribution is 5.85. The summed E-state index contributed by atoms with van der Waals surface area (Å²) < 4.78 is 0. The van der Waals surface area contributed by atoms with Gasteiger partial charge in [-0.1, -0.05) is 30.3 Å². The second kappa shape index (κ2) is 5.64. The minimum Gasteiger partial charge on any atom is -0.322 e. The first-order valence-electron chi connectivity index (χ1n) is 5.03. The predicted octanol–water partition coefficient (Wildman–Crippen LogP) is 3.23. The van der Waals surface area contributed by atoms with Crippen molar-refractivity contribution in [1.29, 1.82) is 0 Å². The van der Waals surface area contributed by atoms with Crippen molar-refractivity contribution in [2.75, 3.05) is 0 Å². The molecular formula is C13H15ClN2. The number of nitrogens with two attached hydrogens (primary N) is 1. The maximum absolute atomic E-state index is 5.96. The average Bonchev–Trinajstić information content (AvgIpc) is 2.29. The van der Waals surface area contributed by atoms with E-state index in [1.165, 1.54) is 0 Å². The van der Waals surface area contributed by atoms with Crippen molar-refractivity contribution < 1.29 is 0 Å². The van der Waals surface area contributed by atoms with E-state index < -0.39 is 0 Å². The van der Waals surface area contributed by atoms with E-state index in [0.717, 1.165) is 23.0 Å². The monoisotopic (exact) mass is 234 g/mol. The van der Waals surface area contributed by atoms with E-state index in [4.69, 9.17) is 5.73 Å². The summed E-state index contributed by atoms with van der Waals surface area (Å²) in [5.74, 6) is 0. The molecule has 0 unspecified atom stereocenters. The van der Waals surface area contributed by atoms with E-state index in [1.54, 1.807) is 0 Å². The van der Waals surface area contributed by atoms with E-state index in [-0.39, 0.29) is 18.4 Å². The van der Waals surface area contributed by atoms with Gasteiger partial charge in [-0.3, -0.25) is 4.98 Å². The molecule has 1 atom stereocenters. The fourth-order valence-corrected chi connectivity index (χ4v) is 1.59. The molecule has 0 saturated heterocycles. The van der Waals surface area contributed by atoms with Gasteiger partial charge in [-0.05, 0) is 18.6 Å². The molecule has 0 radical (unpaired) electrons. The molecule has 0 spiro atoms. The molecule has 1 heterocycles. The van der Waals surface area contributed by atoms with Crippen LogP contribution in [-0.2, 0) is 0 Å². The molecule has 2 nitrogen and oxygen atoms in total. The number of halogens is 1. The number of fused-ring (bicyclic) bond motifs is 1. The van der Waals surface area contributed by atoms with Crippen LogP contribution in [0.15, 0.2) is 49.1 Å².